The first-order valence-electron chi connectivity index (χ1n) is 12.9. The number of benzene rings is 1. The zero-order valence-corrected chi connectivity index (χ0v) is 20.2. The number of amides is 1. The number of para-hydroxylation sites is 2. The fourth-order valence-electron chi connectivity index (χ4n) is 5.94. The average Bonchev–Trinajstić information content (AvgIpc) is 2.86. The van der Waals surface area contributed by atoms with E-state index in [0.717, 1.165) is 49.2 Å². The van der Waals surface area contributed by atoms with Crippen LogP contribution in [0.1, 0.15) is 64.7 Å². The van der Waals surface area contributed by atoms with Crippen LogP contribution in [0.4, 0.5) is 11.6 Å². The molecule has 1 aromatic heterocycles. The van der Waals surface area contributed by atoms with Gasteiger partial charge in [-0.3, -0.25) is 9.78 Å². The molecule has 3 aliphatic carbocycles. The minimum atomic E-state index is 0.0379. The maximum absolute atomic E-state index is 12.9. The number of aromatic nitrogens is 2. The summed E-state index contributed by atoms with van der Waals surface area (Å²) in [5.41, 5.74) is 0.207. The zero-order chi connectivity index (χ0) is 23.4. The quantitative estimate of drug-likeness (QED) is 0.577. The van der Waals surface area contributed by atoms with Crippen LogP contribution < -0.4 is 19.7 Å². The number of carbonyl (C=O) groups excluding carboxylic acids is 1. The van der Waals surface area contributed by atoms with Gasteiger partial charge >= 0.3 is 0 Å². The SMILES string of the molecule is CCOc1ccccc1O[C@@H]1CCCN(c2cncc(NC(=O)CC34CCC(CC3)CC4)n2)C1. The van der Waals surface area contributed by atoms with Crippen molar-refractivity contribution in [1.82, 2.24) is 9.97 Å². The molecule has 1 amide bonds. The van der Waals surface area contributed by atoms with Crippen molar-refractivity contribution in [3.8, 4) is 11.5 Å². The molecule has 1 aliphatic heterocycles. The van der Waals surface area contributed by atoms with Gasteiger partial charge in [0.25, 0.3) is 0 Å². The molecule has 0 unspecified atom stereocenters. The van der Waals surface area contributed by atoms with Gasteiger partial charge in [-0.25, -0.2) is 4.98 Å². The Balaban J connectivity index is 1.20. The molecule has 1 N–H and O–H groups in total. The standard InChI is InChI=1S/C27H36N4O3/c1-2-33-22-7-3-4-8-23(22)34-21-6-5-15-31(19-21)25-18-28-17-24(29-25)30-26(32)16-27-12-9-20(10-13-27)11-14-27/h3-4,7-8,17-18,20-21H,2,5-6,9-16,19H2,1H3,(H,29,30,32)/t20?,21-,27?/m1/s1. The second-order valence-electron chi connectivity index (χ2n) is 10.2. The lowest BCUT2D eigenvalue weighted by Crippen LogP contribution is -2.41. The molecule has 182 valence electrons. The smallest absolute Gasteiger partial charge is 0.226 e. The molecule has 4 aliphatic rings. The third kappa shape index (κ3) is 5.29. The van der Waals surface area contributed by atoms with E-state index in [2.05, 4.69) is 15.2 Å². The molecular formula is C27H36N4O3. The van der Waals surface area contributed by atoms with E-state index in [0.29, 0.717) is 18.8 Å². The number of fused-ring (bicyclic) bond motifs is 3. The number of rotatable bonds is 8. The number of carbonyl (C=O) groups is 1. The first-order valence-corrected chi connectivity index (χ1v) is 12.9. The number of ether oxygens (including phenoxy) is 2. The van der Waals surface area contributed by atoms with Crippen molar-refractivity contribution in [2.45, 2.75) is 70.8 Å². The van der Waals surface area contributed by atoms with Gasteiger partial charge in [0.05, 0.1) is 25.5 Å². The van der Waals surface area contributed by atoms with E-state index in [4.69, 9.17) is 14.5 Å². The van der Waals surface area contributed by atoms with Crippen LogP contribution in [0.15, 0.2) is 36.7 Å². The molecule has 7 nitrogen and oxygen atoms in total. The fraction of sp³-hybridized carbons (Fsp3) is 0.593. The largest absolute Gasteiger partial charge is 0.490 e. The summed E-state index contributed by atoms with van der Waals surface area (Å²) in [4.78, 5) is 24.2. The van der Waals surface area contributed by atoms with E-state index < -0.39 is 0 Å². The summed E-state index contributed by atoms with van der Waals surface area (Å²) in [5.74, 6) is 3.84. The van der Waals surface area contributed by atoms with Gasteiger partial charge in [0.2, 0.25) is 5.91 Å². The molecule has 6 rings (SSSR count). The molecule has 3 saturated carbocycles. The molecule has 0 spiro atoms. The monoisotopic (exact) mass is 464 g/mol. The number of hydrogen-bond acceptors (Lipinski definition) is 6. The lowest BCUT2D eigenvalue weighted by molar-refractivity contribution is -0.120. The highest BCUT2D eigenvalue weighted by molar-refractivity contribution is 5.90. The Bertz CT molecular complexity index is 976. The average molecular weight is 465 g/mol. The maximum Gasteiger partial charge on any atom is 0.226 e. The van der Waals surface area contributed by atoms with Crippen LogP contribution in [0, 0.1) is 11.3 Å². The van der Waals surface area contributed by atoms with Gasteiger partial charge in [-0.05, 0) is 81.8 Å². The molecular weight excluding hydrogens is 428 g/mol. The van der Waals surface area contributed by atoms with Gasteiger partial charge in [0.1, 0.15) is 11.9 Å². The Morgan fingerprint density at radius 3 is 2.65 bits per heavy atom. The van der Waals surface area contributed by atoms with Crippen LogP contribution in [0.2, 0.25) is 0 Å². The Morgan fingerprint density at radius 1 is 1.12 bits per heavy atom. The Hall–Kier alpha value is -2.83. The number of nitrogens with zero attached hydrogens (tertiary/aromatic N) is 3. The fourth-order valence-corrected chi connectivity index (χ4v) is 5.94. The van der Waals surface area contributed by atoms with Crippen LogP contribution in [-0.4, -0.2) is 41.7 Å². The van der Waals surface area contributed by atoms with E-state index in [1.165, 1.54) is 38.5 Å². The second kappa shape index (κ2) is 10.2. The lowest BCUT2D eigenvalue weighted by Gasteiger charge is -2.46. The summed E-state index contributed by atoms with van der Waals surface area (Å²) >= 11 is 0. The van der Waals surface area contributed by atoms with Gasteiger partial charge in [0, 0.05) is 13.0 Å². The third-order valence-electron chi connectivity index (χ3n) is 7.82. The van der Waals surface area contributed by atoms with Crippen LogP contribution in [-0.2, 0) is 4.79 Å². The van der Waals surface area contributed by atoms with Gasteiger partial charge in [-0.2, -0.15) is 0 Å². The summed E-state index contributed by atoms with van der Waals surface area (Å²) in [7, 11) is 0. The minimum absolute atomic E-state index is 0.0379. The third-order valence-corrected chi connectivity index (χ3v) is 7.82. The van der Waals surface area contributed by atoms with E-state index >= 15 is 0 Å². The molecule has 34 heavy (non-hydrogen) atoms. The molecule has 4 fully saturated rings. The number of piperidine rings is 1. The topological polar surface area (TPSA) is 76.6 Å². The molecule has 1 atom stereocenters. The molecule has 1 saturated heterocycles. The summed E-state index contributed by atoms with van der Waals surface area (Å²) in [5, 5.41) is 3.03. The molecule has 1 aromatic carbocycles. The van der Waals surface area contributed by atoms with Gasteiger partial charge < -0.3 is 19.7 Å². The van der Waals surface area contributed by atoms with Crippen molar-refractivity contribution in [1.29, 1.82) is 0 Å². The van der Waals surface area contributed by atoms with Crippen molar-refractivity contribution in [3.63, 3.8) is 0 Å². The lowest BCUT2D eigenvalue weighted by atomic mass is 9.59. The second-order valence-corrected chi connectivity index (χ2v) is 10.2. The first kappa shape index (κ1) is 22.9. The van der Waals surface area contributed by atoms with Crippen molar-refractivity contribution >= 4 is 17.5 Å². The predicted octanol–water partition coefficient (Wildman–Crippen LogP) is 5.22. The van der Waals surface area contributed by atoms with Gasteiger partial charge in [-0.1, -0.05) is 12.1 Å². The van der Waals surface area contributed by atoms with Crippen LogP contribution >= 0.6 is 0 Å². The zero-order valence-electron chi connectivity index (χ0n) is 20.2. The van der Waals surface area contributed by atoms with Crippen LogP contribution in [0.25, 0.3) is 0 Å². The summed E-state index contributed by atoms with van der Waals surface area (Å²) in [6, 6.07) is 7.82. The maximum atomic E-state index is 12.9. The van der Waals surface area contributed by atoms with Gasteiger partial charge in [0.15, 0.2) is 17.3 Å². The van der Waals surface area contributed by atoms with Crippen molar-refractivity contribution < 1.29 is 14.3 Å². The molecule has 2 aromatic rings. The molecule has 2 heterocycles. The normalized spacial score (nSPS) is 26.2. The minimum Gasteiger partial charge on any atom is -0.490 e. The first-order chi connectivity index (χ1) is 16.6. The molecule has 7 heteroatoms. The van der Waals surface area contributed by atoms with E-state index in [1.807, 2.05) is 31.2 Å². The highest BCUT2D eigenvalue weighted by Crippen LogP contribution is 2.52. The molecule has 0 radical (unpaired) electrons. The van der Waals surface area contributed by atoms with Crippen molar-refractivity contribution in [3.05, 3.63) is 36.7 Å². The Labute approximate surface area is 202 Å². The Morgan fingerprint density at radius 2 is 1.88 bits per heavy atom. The van der Waals surface area contributed by atoms with E-state index in [-0.39, 0.29) is 17.4 Å². The highest BCUT2D eigenvalue weighted by Gasteiger charge is 2.41. The van der Waals surface area contributed by atoms with Crippen molar-refractivity contribution in [2.75, 3.05) is 29.9 Å². The van der Waals surface area contributed by atoms with E-state index in [9.17, 15) is 4.79 Å². The van der Waals surface area contributed by atoms with Crippen molar-refractivity contribution in [2.24, 2.45) is 11.3 Å². The predicted molar refractivity (Wildman–Crippen MR) is 132 cm³/mol. The molecule has 2 bridgehead atoms. The van der Waals surface area contributed by atoms with Crippen LogP contribution in [0.5, 0.6) is 11.5 Å². The summed E-state index contributed by atoms with van der Waals surface area (Å²) in [6.45, 7) is 4.19. The highest BCUT2D eigenvalue weighted by atomic mass is 16.5. The number of nitrogens with one attached hydrogen (secondary N) is 1. The summed E-state index contributed by atoms with van der Waals surface area (Å²) < 4.78 is 12.0. The van der Waals surface area contributed by atoms with Gasteiger partial charge in [-0.15, -0.1) is 0 Å². The van der Waals surface area contributed by atoms with E-state index in [1.54, 1.807) is 12.4 Å². The van der Waals surface area contributed by atoms with Crippen LogP contribution in [0.3, 0.4) is 0 Å². The number of anilines is 2. The number of hydrogen-bond donors (Lipinski definition) is 1. The summed E-state index contributed by atoms with van der Waals surface area (Å²) in [6.07, 6.45) is 13.5. The Kier molecular flexibility index (Phi) is 6.88.